The van der Waals surface area contributed by atoms with Crippen LogP contribution >= 0.6 is 0 Å². The van der Waals surface area contributed by atoms with Gasteiger partial charge in [0.2, 0.25) is 0 Å². The van der Waals surface area contributed by atoms with Gasteiger partial charge < -0.3 is 20.7 Å². The van der Waals surface area contributed by atoms with Crippen LogP contribution in [0.25, 0.3) is 0 Å². The fraction of sp³-hybridized carbons (Fsp3) is 0.550. The number of esters is 1. The Balaban J connectivity index is 2.06. The predicted octanol–water partition coefficient (Wildman–Crippen LogP) is 3.09. The van der Waals surface area contributed by atoms with E-state index in [1.165, 1.54) is 0 Å². The zero-order valence-corrected chi connectivity index (χ0v) is 17.2. The van der Waals surface area contributed by atoms with Gasteiger partial charge in [-0.1, -0.05) is 26.3 Å². The molecule has 0 aliphatic carbocycles. The van der Waals surface area contributed by atoms with Crippen LogP contribution in [0.2, 0.25) is 0 Å². The normalized spacial score (nSPS) is 16.2. The minimum Gasteiger partial charge on any atom is -0.458 e. The van der Waals surface area contributed by atoms with E-state index in [4.69, 9.17) is 4.74 Å². The molecule has 8 nitrogen and oxygen atoms in total. The minimum absolute atomic E-state index is 0.0831. The van der Waals surface area contributed by atoms with Crippen LogP contribution in [0, 0.1) is 5.92 Å². The lowest BCUT2D eigenvalue weighted by Gasteiger charge is -2.27. The van der Waals surface area contributed by atoms with Gasteiger partial charge in [0, 0.05) is 24.5 Å². The molecule has 8 heteroatoms. The molecule has 1 saturated heterocycles. The quantitative estimate of drug-likeness (QED) is 0.650. The van der Waals surface area contributed by atoms with E-state index in [-0.39, 0.29) is 11.9 Å². The molecule has 1 aliphatic rings. The zero-order chi connectivity index (χ0) is 20.9. The van der Waals surface area contributed by atoms with Crippen molar-refractivity contribution in [2.75, 3.05) is 23.3 Å². The molecular weight excluding hydrogens is 360 g/mol. The van der Waals surface area contributed by atoms with Crippen LogP contribution in [-0.4, -0.2) is 42.8 Å². The first-order chi connectivity index (χ1) is 13.1. The van der Waals surface area contributed by atoms with E-state index in [1.807, 2.05) is 13.8 Å². The van der Waals surface area contributed by atoms with Crippen molar-refractivity contribution < 1.29 is 19.1 Å². The van der Waals surface area contributed by atoms with E-state index >= 15 is 0 Å². The third-order valence-electron chi connectivity index (χ3n) is 4.43. The number of ether oxygens (including phenoxy) is 1. The number of anilines is 2. The molecule has 2 atom stereocenters. The maximum absolute atomic E-state index is 12.5. The number of carbonyl (C=O) groups excluding carboxylic acids is 3. The summed E-state index contributed by atoms with van der Waals surface area (Å²) >= 11 is 0. The first-order valence-electron chi connectivity index (χ1n) is 9.56. The average molecular weight is 390 g/mol. The fourth-order valence-electron chi connectivity index (χ4n) is 2.81. The smallest absolute Gasteiger partial charge is 0.329 e. The van der Waals surface area contributed by atoms with Crippen LogP contribution in [0.1, 0.15) is 41.0 Å². The molecule has 1 fully saturated rings. The lowest BCUT2D eigenvalue weighted by Crippen LogP contribution is -2.49. The summed E-state index contributed by atoms with van der Waals surface area (Å²) in [4.78, 5) is 38.4. The Labute approximate surface area is 166 Å². The van der Waals surface area contributed by atoms with Crippen molar-refractivity contribution in [1.82, 2.24) is 10.6 Å². The number of benzene rings is 1. The number of hydrogen-bond donors (Lipinski definition) is 3. The first kappa shape index (κ1) is 21.5. The molecule has 0 radical (unpaired) electrons. The summed E-state index contributed by atoms with van der Waals surface area (Å²) < 4.78 is 5.44. The molecule has 1 aromatic carbocycles. The summed E-state index contributed by atoms with van der Waals surface area (Å²) in [5.41, 5.74) is 0.589. The summed E-state index contributed by atoms with van der Waals surface area (Å²) in [6.07, 6.45) is 0.712. The van der Waals surface area contributed by atoms with Crippen molar-refractivity contribution in [3.05, 3.63) is 24.3 Å². The van der Waals surface area contributed by atoms with Gasteiger partial charge in [-0.2, -0.15) is 0 Å². The number of nitrogens with zero attached hydrogens (tertiary/aromatic N) is 1. The molecule has 154 valence electrons. The van der Waals surface area contributed by atoms with Crippen LogP contribution in [0.15, 0.2) is 24.3 Å². The Morgan fingerprint density at radius 2 is 2.04 bits per heavy atom. The molecule has 4 amide bonds. The number of rotatable bonds is 6. The average Bonchev–Trinajstić information content (AvgIpc) is 3.03. The Morgan fingerprint density at radius 3 is 2.61 bits per heavy atom. The van der Waals surface area contributed by atoms with Crippen molar-refractivity contribution in [2.24, 2.45) is 5.92 Å². The topological polar surface area (TPSA) is 99.8 Å². The van der Waals surface area contributed by atoms with Crippen LogP contribution in [0.5, 0.6) is 0 Å². The van der Waals surface area contributed by atoms with Crippen LogP contribution in [-0.2, 0) is 9.53 Å². The Kier molecular flexibility index (Phi) is 6.88. The molecule has 1 heterocycles. The third kappa shape index (κ3) is 5.87. The van der Waals surface area contributed by atoms with Crippen LogP contribution < -0.4 is 20.9 Å². The van der Waals surface area contributed by atoms with Crippen molar-refractivity contribution in [3.8, 4) is 0 Å². The van der Waals surface area contributed by atoms with Crippen LogP contribution in [0.3, 0.4) is 0 Å². The Morgan fingerprint density at radius 1 is 1.32 bits per heavy atom. The highest BCUT2D eigenvalue weighted by molar-refractivity contribution is 5.96. The minimum atomic E-state index is -0.753. The summed E-state index contributed by atoms with van der Waals surface area (Å²) in [7, 11) is 0. The Hall–Kier alpha value is -2.77. The second-order valence-electron chi connectivity index (χ2n) is 7.93. The highest BCUT2D eigenvalue weighted by atomic mass is 16.6. The van der Waals surface area contributed by atoms with Gasteiger partial charge in [-0.15, -0.1) is 0 Å². The number of amides is 4. The molecule has 1 aliphatic heterocycles. The molecule has 2 rings (SSSR count). The van der Waals surface area contributed by atoms with Gasteiger partial charge in [-0.05, 0) is 44.9 Å². The number of nitrogens with one attached hydrogen (secondary N) is 3. The SMILES string of the molecule is CC[C@H](C)[C@H](NC(=O)Nc1cccc(N2CCNC2=O)c1)C(=O)OC(C)(C)C. The molecular formula is C20H30N4O4. The van der Waals surface area contributed by atoms with Crippen molar-refractivity contribution in [1.29, 1.82) is 0 Å². The second-order valence-corrected chi connectivity index (χ2v) is 7.93. The van der Waals surface area contributed by atoms with Gasteiger partial charge in [-0.3, -0.25) is 4.90 Å². The summed E-state index contributed by atoms with van der Waals surface area (Å²) in [6, 6.07) is 5.59. The summed E-state index contributed by atoms with van der Waals surface area (Å²) in [6.45, 7) is 10.4. The lowest BCUT2D eigenvalue weighted by molar-refractivity contribution is -0.158. The third-order valence-corrected chi connectivity index (χ3v) is 4.43. The molecule has 0 unspecified atom stereocenters. The molecule has 0 aromatic heterocycles. The Bertz CT molecular complexity index is 729. The molecule has 28 heavy (non-hydrogen) atoms. The van der Waals surface area contributed by atoms with Crippen molar-refractivity contribution >= 4 is 29.4 Å². The van der Waals surface area contributed by atoms with E-state index in [1.54, 1.807) is 49.9 Å². The highest BCUT2D eigenvalue weighted by Gasteiger charge is 2.30. The van der Waals surface area contributed by atoms with Gasteiger partial charge >= 0.3 is 18.0 Å². The zero-order valence-electron chi connectivity index (χ0n) is 17.2. The van der Waals surface area contributed by atoms with Crippen molar-refractivity contribution in [3.63, 3.8) is 0 Å². The maximum Gasteiger partial charge on any atom is 0.329 e. The summed E-state index contributed by atoms with van der Waals surface area (Å²) in [5.74, 6) is -0.542. The molecule has 0 spiro atoms. The predicted molar refractivity (Wildman–Crippen MR) is 108 cm³/mol. The standard InChI is InChI=1S/C20H30N4O4/c1-6-13(2)16(17(25)28-20(3,4)5)23-18(26)22-14-8-7-9-15(12-14)24-11-10-21-19(24)27/h7-9,12-13,16H,6,10-11H2,1-5H3,(H,21,27)(H2,22,23,26)/t13-,16-/m0/s1. The van der Waals surface area contributed by atoms with Gasteiger partial charge in [0.15, 0.2) is 0 Å². The van der Waals surface area contributed by atoms with Gasteiger partial charge in [0.05, 0.1) is 0 Å². The van der Waals surface area contributed by atoms with E-state index in [9.17, 15) is 14.4 Å². The number of urea groups is 2. The first-order valence-corrected chi connectivity index (χ1v) is 9.56. The van der Waals surface area contributed by atoms with Crippen LogP contribution in [0.4, 0.5) is 21.0 Å². The van der Waals surface area contributed by atoms with Gasteiger partial charge in [0.25, 0.3) is 0 Å². The lowest BCUT2D eigenvalue weighted by atomic mass is 9.99. The number of hydrogen-bond acceptors (Lipinski definition) is 4. The molecule has 1 aromatic rings. The van der Waals surface area contributed by atoms with E-state index in [0.29, 0.717) is 30.9 Å². The highest BCUT2D eigenvalue weighted by Crippen LogP contribution is 2.21. The van der Waals surface area contributed by atoms with E-state index < -0.39 is 23.6 Å². The maximum atomic E-state index is 12.5. The molecule has 0 saturated carbocycles. The monoisotopic (exact) mass is 390 g/mol. The number of carbonyl (C=O) groups is 3. The largest absolute Gasteiger partial charge is 0.458 e. The van der Waals surface area contributed by atoms with E-state index in [0.717, 1.165) is 0 Å². The molecule has 3 N–H and O–H groups in total. The van der Waals surface area contributed by atoms with Gasteiger partial charge in [-0.25, -0.2) is 14.4 Å². The molecule has 0 bridgehead atoms. The second kappa shape index (κ2) is 8.95. The fourth-order valence-corrected chi connectivity index (χ4v) is 2.81. The van der Waals surface area contributed by atoms with Gasteiger partial charge in [0.1, 0.15) is 11.6 Å². The van der Waals surface area contributed by atoms with Crippen molar-refractivity contribution in [2.45, 2.75) is 52.7 Å². The van der Waals surface area contributed by atoms with E-state index in [2.05, 4.69) is 16.0 Å². The summed E-state index contributed by atoms with van der Waals surface area (Å²) in [5, 5.41) is 8.19.